The summed E-state index contributed by atoms with van der Waals surface area (Å²) in [5, 5.41) is 0. The number of rotatable bonds is 6. The number of hydrogen-bond acceptors (Lipinski definition) is 4. The van der Waals surface area contributed by atoms with E-state index >= 15 is 0 Å². The van der Waals surface area contributed by atoms with Gasteiger partial charge in [-0.05, 0) is 36.3 Å². The molecule has 4 nitrogen and oxygen atoms in total. The Hall–Kier alpha value is -1.78. The number of hydrogen-bond donors (Lipinski definition) is 0. The van der Waals surface area contributed by atoms with Crippen LogP contribution in [0.4, 0.5) is 0 Å². The Bertz CT molecular complexity index is 506. The molecule has 3 rings (SSSR count). The molecule has 4 heteroatoms. The summed E-state index contributed by atoms with van der Waals surface area (Å²) in [6.45, 7) is 5.64. The van der Waals surface area contributed by atoms with Crippen LogP contribution in [0.2, 0.25) is 0 Å². The van der Waals surface area contributed by atoms with E-state index in [9.17, 15) is 0 Å². The molecule has 0 radical (unpaired) electrons. The van der Waals surface area contributed by atoms with Gasteiger partial charge in [-0.25, -0.2) is 0 Å². The van der Waals surface area contributed by atoms with Gasteiger partial charge in [0.05, 0.1) is 26.1 Å². The lowest BCUT2D eigenvalue weighted by molar-refractivity contribution is 0.0358. The Morgan fingerprint density at radius 2 is 1.95 bits per heavy atom. The number of benzene rings is 1. The maximum absolute atomic E-state index is 5.80. The fourth-order valence-electron chi connectivity index (χ4n) is 2.59. The monoisotopic (exact) mass is 301 g/mol. The lowest BCUT2D eigenvalue weighted by atomic mass is 10.2. The van der Waals surface area contributed by atoms with Crippen LogP contribution in [0.5, 0.6) is 5.75 Å². The molecule has 0 atom stereocenters. The van der Waals surface area contributed by atoms with Crippen molar-refractivity contribution in [2.45, 2.75) is 12.8 Å². The highest BCUT2D eigenvalue weighted by Gasteiger charge is 2.09. The van der Waals surface area contributed by atoms with Crippen LogP contribution in [0.15, 0.2) is 42.4 Å². The van der Waals surface area contributed by atoms with E-state index < -0.39 is 0 Å². The molecule has 1 fully saturated rings. The molecule has 1 saturated heterocycles. The summed E-state index contributed by atoms with van der Waals surface area (Å²) in [5.74, 6) is 1.91. The lowest BCUT2D eigenvalue weighted by Crippen LogP contribution is -2.37. The highest BCUT2D eigenvalue weighted by Crippen LogP contribution is 2.19. The van der Waals surface area contributed by atoms with Crippen molar-refractivity contribution in [2.24, 2.45) is 0 Å². The van der Waals surface area contributed by atoms with E-state index in [2.05, 4.69) is 23.1 Å². The zero-order chi connectivity index (χ0) is 15.0. The van der Waals surface area contributed by atoms with Gasteiger partial charge < -0.3 is 14.2 Å². The molecule has 2 aliphatic heterocycles. The van der Waals surface area contributed by atoms with Gasteiger partial charge in [-0.2, -0.15) is 0 Å². The Morgan fingerprint density at radius 1 is 1.14 bits per heavy atom. The van der Waals surface area contributed by atoms with E-state index in [1.807, 2.05) is 18.2 Å². The van der Waals surface area contributed by atoms with Gasteiger partial charge in [-0.15, -0.1) is 0 Å². The van der Waals surface area contributed by atoms with E-state index in [-0.39, 0.29) is 0 Å². The van der Waals surface area contributed by atoms with Gasteiger partial charge in [0.25, 0.3) is 0 Å². The van der Waals surface area contributed by atoms with Crippen molar-refractivity contribution < 1.29 is 14.2 Å². The second-order valence-corrected chi connectivity index (χ2v) is 5.53. The van der Waals surface area contributed by atoms with Crippen LogP contribution in [0.1, 0.15) is 18.4 Å². The van der Waals surface area contributed by atoms with Crippen LogP contribution in [0, 0.1) is 0 Å². The molecule has 0 bridgehead atoms. The van der Waals surface area contributed by atoms with Gasteiger partial charge in [0.15, 0.2) is 0 Å². The Balaban J connectivity index is 1.38. The minimum absolute atomic E-state index is 0.755. The molecule has 0 saturated carbocycles. The van der Waals surface area contributed by atoms with E-state index in [1.54, 1.807) is 6.26 Å². The smallest absolute Gasteiger partial charge is 0.119 e. The molecule has 1 aromatic carbocycles. The van der Waals surface area contributed by atoms with Crippen LogP contribution >= 0.6 is 0 Å². The molecule has 0 aliphatic carbocycles. The molecule has 0 unspecified atom stereocenters. The minimum Gasteiger partial charge on any atom is -0.494 e. The van der Waals surface area contributed by atoms with E-state index in [4.69, 9.17) is 14.2 Å². The van der Waals surface area contributed by atoms with Crippen molar-refractivity contribution >= 4 is 6.08 Å². The first kappa shape index (κ1) is 15.1. The third kappa shape index (κ3) is 4.61. The first-order valence-corrected chi connectivity index (χ1v) is 7.95. The molecule has 2 aliphatic rings. The normalized spacial score (nSPS) is 20.3. The summed E-state index contributed by atoms with van der Waals surface area (Å²) in [7, 11) is 0. The molecule has 2 heterocycles. The SMILES string of the molecule is C1=COC(=Cc2ccc(OCCCN3CCOCC3)cc2)C1. The molecule has 0 amide bonds. The Morgan fingerprint density at radius 3 is 2.68 bits per heavy atom. The summed E-state index contributed by atoms with van der Waals surface area (Å²) in [5.41, 5.74) is 1.14. The Kier molecular flexibility index (Phi) is 5.51. The first-order chi connectivity index (χ1) is 10.9. The summed E-state index contributed by atoms with van der Waals surface area (Å²) < 4.78 is 16.5. The fourth-order valence-corrected chi connectivity index (χ4v) is 2.59. The number of allylic oxidation sites excluding steroid dienone is 1. The second-order valence-electron chi connectivity index (χ2n) is 5.53. The largest absolute Gasteiger partial charge is 0.494 e. The fraction of sp³-hybridized carbons (Fsp3) is 0.444. The highest BCUT2D eigenvalue weighted by molar-refractivity contribution is 5.53. The van der Waals surface area contributed by atoms with Crippen LogP contribution in [0.3, 0.4) is 0 Å². The van der Waals surface area contributed by atoms with E-state index in [0.717, 1.165) is 69.4 Å². The maximum Gasteiger partial charge on any atom is 0.119 e. The zero-order valence-electron chi connectivity index (χ0n) is 12.9. The Labute approximate surface area is 132 Å². The third-order valence-corrected chi connectivity index (χ3v) is 3.83. The summed E-state index contributed by atoms with van der Waals surface area (Å²) in [4.78, 5) is 2.43. The van der Waals surface area contributed by atoms with Gasteiger partial charge in [0.2, 0.25) is 0 Å². The standard InChI is InChI=1S/C18H23NO3/c1-3-18(22-11-1)15-16-4-6-17(7-5-16)21-12-2-8-19-9-13-20-14-10-19/h1,4-7,11,15H,2-3,8-10,12-14H2. The lowest BCUT2D eigenvalue weighted by Gasteiger charge is -2.26. The van der Waals surface area contributed by atoms with Crippen LogP contribution in [-0.4, -0.2) is 44.4 Å². The molecule has 0 spiro atoms. The van der Waals surface area contributed by atoms with Gasteiger partial charge >= 0.3 is 0 Å². The quantitative estimate of drug-likeness (QED) is 0.756. The minimum atomic E-state index is 0.755. The summed E-state index contributed by atoms with van der Waals surface area (Å²) in [6.07, 6.45) is 7.73. The van der Waals surface area contributed by atoms with Gasteiger partial charge in [-0.1, -0.05) is 12.1 Å². The summed E-state index contributed by atoms with van der Waals surface area (Å²) in [6, 6.07) is 8.16. The number of morpholine rings is 1. The summed E-state index contributed by atoms with van der Waals surface area (Å²) >= 11 is 0. The number of nitrogens with zero attached hydrogens (tertiary/aromatic N) is 1. The molecule has 1 aromatic rings. The predicted octanol–water partition coefficient (Wildman–Crippen LogP) is 3.06. The highest BCUT2D eigenvalue weighted by atomic mass is 16.5. The second kappa shape index (κ2) is 8.01. The molecule has 0 N–H and O–H groups in total. The van der Waals surface area contributed by atoms with Crippen molar-refractivity contribution in [1.29, 1.82) is 0 Å². The molecular weight excluding hydrogens is 278 g/mol. The van der Waals surface area contributed by atoms with Crippen molar-refractivity contribution in [3.63, 3.8) is 0 Å². The van der Waals surface area contributed by atoms with Crippen LogP contribution < -0.4 is 4.74 Å². The average Bonchev–Trinajstić information content (AvgIpc) is 3.07. The zero-order valence-corrected chi connectivity index (χ0v) is 12.9. The third-order valence-electron chi connectivity index (χ3n) is 3.83. The predicted molar refractivity (Wildman–Crippen MR) is 86.6 cm³/mol. The topological polar surface area (TPSA) is 30.9 Å². The van der Waals surface area contributed by atoms with Crippen molar-refractivity contribution in [3.05, 3.63) is 47.9 Å². The van der Waals surface area contributed by atoms with Gasteiger partial charge in [0.1, 0.15) is 11.5 Å². The van der Waals surface area contributed by atoms with Crippen LogP contribution in [-0.2, 0) is 9.47 Å². The first-order valence-electron chi connectivity index (χ1n) is 7.95. The van der Waals surface area contributed by atoms with E-state index in [1.165, 1.54) is 0 Å². The van der Waals surface area contributed by atoms with Gasteiger partial charge in [0, 0.05) is 26.1 Å². The van der Waals surface area contributed by atoms with E-state index in [0.29, 0.717) is 0 Å². The average molecular weight is 301 g/mol. The molecular formula is C18H23NO3. The van der Waals surface area contributed by atoms with Crippen LogP contribution in [0.25, 0.3) is 6.08 Å². The number of ether oxygens (including phenoxy) is 3. The maximum atomic E-state index is 5.80. The molecule has 22 heavy (non-hydrogen) atoms. The van der Waals surface area contributed by atoms with Crippen molar-refractivity contribution in [1.82, 2.24) is 4.90 Å². The molecule has 0 aromatic heterocycles. The van der Waals surface area contributed by atoms with Crippen molar-refractivity contribution in [2.75, 3.05) is 39.5 Å². The van der Waals surface area contributed by atoms with Crippen molar-refractivity contribution in [3.8, 4) is 5.75 Å². The molecule has 118 valence electrons. The van der Waals surface area contributed by atoms with Gasteiger partial charge in [-0.3, -0.25) is 4.90 Å².